The van der Waals surface area contributed by atoms with Crippen molar-refractivity contribution < 1.29 is 9.21 Å². The van der Waals surface area contributed by atoms with Gasteiger partial charge in [-0.2, -0.15) is 0 Å². The van der Waals surface area contributed by atoms with Crippen LogP contribution in [0.15, 0.2) is 34.9 Å². The van der Waals surface area contributed by atoms with Gasteiger partial charge in [0, 0.05) is 23.3 Å². The van der Waals surface area contributed by atoms with E-state index in [-0.39, 0.29) is 5.91 Å². The summed E-state index contributed by atoms with van der Waals surface area (Å²) in [5.74, 6) is 0.112. The number of alkyl halides is 1. The molecule has 0 spiro atoms. The van der Waals surface area contributed by atoms with Crippen molar-refractivity contribution in [2.45, 2.75) is 31.7 Å². The third-order valence-electron chi connectivity index (χ3n) is 4.04. The third-order valence-corrected chi connectivity index (χ3v) is 4.50. The predicted molar refractivity (Wildman–Crippen MR) is 83.3 cm³/mol. The minimum absolute atomic E-state index is 0.112. The van der Waals surface area contributed by atoms with E-state index in [0.717, 1.165) is 42.1 Å². The average Bonchev–Trinajstić information content (AvgIpc) is 2.91. The number of halogens is 1. The van der Waals surface area contributed by atoms with Crippen LogP contribution >= 0.6 is 15.9 Å². The monoisotopic (exact) mass is 335 g/mol. The zero-order valence-electron chi connectivity index (χ0n) is 11.3. The third kappa shape index (κ3) is 2.49. The lowest BCUT2D eigenvalue weighted by molar-refractivity contribution is 0.0611. The zero-order chi connectivity index (χ0) is 13.9. The van der Waals surface area contributed by atoms with Gasteiger partial charge >= 0.3 is 0 Å². The summed E-state index contributed by atoms with van der Waals surface area (Å²) in [6.07, 6.45) is 6.04. The standard InChI is InChI=1S/C16H18BrNO2/c17-9-8-12-5-3-4-10-18(12)16(19)14-11-20-15-7-2-1-6-13(14)15/h1-2,6-7,11-12H,3-5,8-10H2. The number of furan rings is 1. The van der Waals surface area contributed by atoms with Gasteiger partial charge in [-0.25, -0.2) is 0 Å². The number of benzene rings is 1. The fraction of sp³-hybridized carbons (Fsp3) is 0.438. The maximum Gasteiger partial charge on any atom is 0.257 e. The van der Waals surface area contributed by atoms with Gasteiger partial charge in [0.15, 0.2) is 0 Å². The molecular formula is C16H18BrNO2. The molecule has 0 radical (unpaired) electrons. The van der Waals surface area contributed by atoms with Crippen molar-refractivity contribution in [3.05, 3.63) is 36.1 Å². The fourth-order valence-electron chi connectivity index (χ4n) is 2.99. The second-order valence-corrected chi connectivity index (χ2v) is 6.06. The molecule has 4 heteroatoms. The van der Waals surface area contributed by atoms with Gasteiger partial charge in [0.05, 0.1) is 5.56 Å². The predicted octanol–water partition coefficient (Wildman–Crippen LogP) is 4.21. The van der Waals surface area contributed by atoms with Crippen LogP contribution in [0, 0.1) is 0 Å². The molecule has 106 valence electrons. The highest BCUT2D eigenvalue weighted by molar-refractivity contribution is 9.09. The van der Waals surface area contributed by atoms with Gasteiger partial charge in [0.2, 0.25) is 0 Å². The van der Waals surface area contributed by atoms with Gasteiger partial charge in [-0.05, 0) is 31.7 Å². The maximum atomic E-state index is 12.8. The number of carbonyl (C=O) groups is 1. The number of piperidine rings is 1. The molecule has 1 saturated heterocycles. The largest absolute Gasteiger partial charge is 0.463 e. The SMILES string of the molecule is O=C(c1coc2ccccc12)N1CCCCC1CCBr. The second-order valence-electron chi connectivity index (χ2n) is 5.27. The van der Waals surface area contributed by atoms with E-state index in [4.69, 9.17) is 4.42 Å². The first-order valence-corrected chi connectivity index (χ1v) is 8.26. The van der Waals surface area contributed by atoms with Crippen molar-refractivity contribution in [3.8, 4) is 0 Å². The summed E-state index contributed by atoms with van der Waals surface area (Å²) in [4.78, 5) is 14.8. The molecule has 1 aliphatic heterocycles. The van der Waals surface area contributed by atoms with Gasteiger partial charge in [0.1, 0.15) is 11.8 Å². The average molecular weight is 336 g/mol. The van der Waals surface area contributed by atoms with Gasteiger partial charge in [0.25, 0.3) is 5.91 Å². The smallest absolute Gasteiger partial charge is 0.257 e. The highest BCUT2D eigenvalue weighted by Crippen LogP contribution is 2.27. The van der Waals surface area contributed by atoms with Crippen molar-refractivity contribution in [1.82, 2.24) is 4.90 Å². The van der Waals surface area contributed by atoms with Crippen LogP contribution < -0.4 is 0 Å². The van der Waals surface area contributed by atoms with Crippen LogP contribution in [0.1, 0.15) is 36.0 Å². The number of hydrogen-bond acceptors (Lipinski definition) is 2. The second kappa shape index (κ2) is 6.00. The summed E-state index contributed by atoms with van der Waals surface area (Å²) in [7, 11) is 0. The topological polar surface area (TPSA) is 33.5 Å². The van der Waals surface area contributed by atoms with Crippen LogP contribution in [0.3, 0.4) is 0 Å². The summed E-state index contributed by atoms with van der Waals surface area (Å²) >= 11 is 3.49. The number of para-hydroxylation sites is 1. The highest BCUT2D eigenvalue weighted by atomic mass is 79.9. The van der Waals surface area contributed by atoms with Crippen LogP contribution in [-0.2, 0) is 0 Å². The number of nitrogens with zero attached hydrogens (tertiary/aromatic N) is 1. The lowest BCUT2D eigenvalue weighted by Gasteiger charge is -2.35. The molecule has 1 amide bonds. The minimum Gasteiger partial charge on any atom is -0.463 e. The van der Waals surface area contributed by atoms with E-state index < -0.39 is 0 Å². The summed E-state index contributed by atoms with van der Waals surface area (Å²) in [5.41, 5.74) is 1.48. The van der Waals surface area contributed by atoms with Gasteiger partial charge in [-0.15, -0.1) is 0 Å². The van der Waals surface area contributed by atoms with Crippen LogP contribution in [0.2, 0.25) is 0 Å². The molecule has 3 nitrogen and oxygen atoms in total. The van der Waals surface area contributed by atoms with Crippen LogP contribution in [-0.4, -0.2) is 28.7 Å². The molecule has 3 rings (SSSR count). The van der Waals surface area contributed by atoms with E-state index >= 15 is 0 Å². The van der Waals surface area contributed by atoms with E-state index in [1.807, 2.05) is 29.2 Å². The minimum atomic E-state index is 0.112. The number of likely N-dealkylation sites (tertiary alicyclic amines) is 1. The quantitative estimate of drug-likeness (QED) is 0.787. The van der Waals surface area contributed by atoms with Crippen molar-refractivity contribution >= 4 is 32.8 Å². The molecule has 0 aliphatic carbocycles. The molecule has 2 heterocycles. The first kappa shape index (κ1) is 13.7. The van der Waals surface area contributed by atoms with Crippen molar-refractivity contribution in [2.75, 3.05) is 11.9 Å². The number of amides is 1. The Kier molecular flexibility index (Phi) is 4.10. The van der Waals surface area contributed by atoms with Crippen molar-refractivity contribution in [3.63, 3.8) is 0 Å². The van der Waals surface area contributed by atoms with Crippen molar-refractivity contribution in [1.29, 1.82) is 0 Å². The Labute approximate surface area is 127 Å². The molecule has 1 aromatic carbocycles. The number of fused-ring (bicyclic) bond motifs is 1. The molecule has 1 atom stereocenters. The molecule has 20 heavy (non-hydrogen) atoms. The Bertz CT molecular complexity index is 605. The molecule has 2 aromatic rings. The van der Waals surface area contributed by atoms with Gasteiger partial charge in [-0.3, -0.25) is 4.79 Å². The van der Waals surface area contributed by atoms with Crippen LogP contribution in [0.4, 0.5) is 0 Å². The first-order valence-electron chi connectivity index (χ1n) is 7.14. The number of hydrogen-bond donors (Lipinski definition) is 0. The molecule has 0 N–H and O–H groups in total. The van der Waals surface area contributed by atoms with E-state index in [0.29, 0.717) is 11.6 Å². The molecule has 0 bridgehead atoms. The molecule has 1 unspecified atom stereocenters. The summed E-state index contributed by atoms with van der Waals surface area (Å²) in [6.45, 7) is 0.857. The van der Waals surface area contributed by atoms with E-state index in [9.17, 15) is 4.79 Å². The Hall–Kier alpha value is -1.29. The Morgan fingerprint density at radius 2 is 2.20 bits per heavy atom. The fourth-order valence-corrected chi connectivity index (χ4v) is 3.52. The van der Waals surface area contributed by atoms with Gasteiger partial charge in [-0.1, -0.05) is 34.1 Å². The molecule has 1 aromatic heterocycles. The van der Waals surface area contributed by atoms with E-state index in [1.54, 1.807) is 6.26 Å². The van der Waals surface area contributed by atoms with E-state index in [1.165, 1.54) is 6.42 Å². The maximum absolute atomic E-state index is 12.8. The number of rotatable bonds is 3. The first-order chi connectivity index (χ1) is 9.81. The summed E-state index contributed by atoms with van der Waals surface area (Å²) in [5, 5.41) is 1.86. The Balaban J connectivity index is 1.90. The van der Waals surface area contributed by atoms with Crippen LogP contribution in [0.5, 0.6) is 0 Å². The normalized spacial score (nSPS) is 19.4. The Morgan fingerprint density at radius 1 is 1.35 bits per heavy atom. The zero-order valence-corrected chi connectivity index (χ0v) is 12.9. The summed E-state index contributed by atoms with van der Waals surface area (Å²) in [6, 6.07) is 8.08. The van der Waals surface area contributed by atoms with Crippen molar-refractivity contribution in [2.24, 2.45) is 0 Å². The summed E-state index contributed by atoms with van der Waals surface area (Å²) < 4.78 is 5.50. The van der Waals surface area contributed by atoms with E-state index in [2.05, 4.69) is 15.9 Å². The molecular weight excluding hydrogens is 318 g/mol. The molecule has 1 aliphatic rings. The van der Waals surface area contributed by atoms with Crippen LogP contribution in [0.25, 0.3) is 11.0 Å². The highest BCUT2D eigenvalue weighted by Gasteiger charge is 2.28. The molecule has 0 saturated carbocycles. The number of carbonyl (C=O) groups excluding carboxylic acids is 1. The lowest BCUT2D eigenvalue weighted by atomic mass is 9.99. The lowest BCUT2D eigenvalue weighted by Crippen LogP contribution is -2.43. The van der Waals surface area contributed by atoms with Gasteiger partial charge < -0.3 is 9.32 Å². The Morgan fingerprint density at radius 3 is 3.05 bits per heavy atom. The molecule has 1 fully saturated rings.